The van der Waals surface area contributed by atoms with Crippen LogP contribution in [0.15, 0.2) is 24.3 Å². The molecule has 0 unspecified atom stereocenters. The molecule has 1 aromatic rings. The van der Waals surface area contributed by atoms with Gasteiger partial charge in [0.15, 0.2) is 0 Å². The van der Waals surface area contributed by atoms with Crippen molar-refractivity contribution >= 4 is 0 Å². The number of likely N-dealkylation sites (N-methyl/N-ethyl adjacent to an activating group) is 1. The average Bonchev–Trinajstić information content (AvgIpc) is 2.04. The molecule has 0 N–H and O–H groups in total. The molecule has 0 amide bonds. The Labute approximate surface area is 67.6 Å². The highest BCUT2D eigenvalue weighted by Crippen LogP contribution is 2.18. The van der Waals surface area contributed by atoms with Gasteiger partial charge in [0.2, 0.25) is 0 Å². The van der Waals surface area contributed by atoms with E-state index in [2.05, 4.69) is 42.8 Å². The lowest BCUT2D eigenvalue weighted by Gasteiger charge is -2.23. The lowest BCUT2D eigenvalue weighted by Crippen LogP contribution is -2.21. The lowest BCUT2D eigenvalue weighted by atomic mass is 10.0. The predicted octanol–water partition coefficient (Wildman–Crippen LogP) is 1.84. The molecule has 1 radical (unpaired) electrons. The van der Waals surface area contributed by atoms with Gasteiger partial charge in [-0.05, 0) is 24.6 Å². The van der Waals surface area contributed by atoms with Crippen LogP contribution < -0.4 is 0 Å². The SMILES string of the molecule is CN1[CH]Cc2ccccc2C1. The van der Waals surface area contributed by atoms with Gasteiger partial charge >= 0.3 is 0 Å². The molecule has 0 aliphatic carbocycles. The molecular formula is C10H12N. The van der Waals surface area contributed by atoms with Gasteiger partial charge in [-0.3, -0.25) is 4.90 Å². The molecule has 11 heavy (non-hydrogen) atoms. The Balaban J connectivity index is 2.34. The third-order valence-electron chi connectivity index (χ3n) is 2.16. The second-order valence-corrected chi connectivity index (χ2v) is 3.07. The average molecular weight is 146 g/mol. The molecule has 57 valence electrons. The second kappa shape index (κ2) is 2.67. The first-order valence-corrected chi connectivity index (χ1v) is 3.96. The van der Waals surface area contributed by atoms with Crippen LogP contribution in [0.5, 0.6) is 0 Å². The van der Waals surface area contributed by atoms with Crippen molar-refractivity contribution in [1.29, 1.82) is 0 Å². The molecule has 1 heterocycles. The monoisotopic (exact) mass is 146 g/mol. The molecule has 0 fully saturated rings. The van der Waals surface area contributed by atoms with Crippen molar-refractivity contribution < 1.29 is 0 Å². The zero-order valence-corrected chi connectivity index (χ0v) is 6.75. The minimum Gasteiger partial charge on any atom is -0.297 e. The number of hydrogen-bond donors (Lipinski definition) is 0. The molecule has 0 spiro atoms. The van der Waals surface area contributed by atoms with E-state index in [-0.39, 0.29) is 0 Å². The fourth-order valence-corrected chi connectivity index (χ4v) is 1.50. The minimum atomic E-state index is 1.07. The van der Waals surface area contributed by atoms with E-state index in [0.717, 1.165) is 13.0 Å². The first-order chi connectivity index (χ1) is 5.36. The second-order valence-electron chi connectivity index (χ2n) is 3.07. The summed E-state index contributed by atoms with van der Waals surface area (Å²) in [5, 5.41) is 0. The molecule has 1 nitrogen and oxygen atoms in total. The first kappa shape index (κ1) is 6.86. The Bertz CT molecular complexity index is 255. The maximum Gasteiger partial charge on any atom is 0.0295 e. The van der Waals surface area contributed by atoms with Crippen molar-refractivity contribution in [2.24, 2.45) is 0 Å². The summed E-state index contributed by atoms with van der Waals surface area (Å²) in [5.41, 5.74) is 2.95. The fraction of sp³-hybridized carbons (Fsp3) is 0.300. The van der Waals surface area contributed by atoms with Crippen LogP contribution in [0.2, 0.25) is 0 Å². The summed E-state index contributed by atoms with van der Waals surface area (Å²) in [5.74, 6) is 0. The van der Waals surface area contributed by atoms with Gasteiger partial charge < -0.3 is 0 Å². The normalized spacial score (nSPS) is 17.9. The Morgan fingerprint density at radius 2 is 1.91 bits per heavy atom. The molecular weight excluding hydrogens is 134 g/mol. The number of hydrogen-bond acceptors (Lipinski definition) is 1. The van der Waals surface area contributed by atoms with E-state index >= 15 is 0 Å². The van der Waals surface area contributed by atoms with Gasteiger partial charge in [0, 0.05) is 13.1 Å². The Morgan fingerprint density at radius 1 is 1.18 bits per heavy atom. The van der Waals surface area contributed by atoms with Crippen LogP contribution in [0.1, 0.15) is 11.1 Å². The molecule has 0 saturated heterocycles. The summed E-state index contributed by atoms with van der Waals surface area (Å²) in [7, 11) is 2.12. The van der Waals surface area contributed by atoms with Crippen molar-refractivity contribution in [3.8, 4) is 0 Å². The number of fused-ring (bicyclic) bond motifs is 1. The highest BCUT2D eigenvalue weighted by Gasteiger charge is 2.11. The van der Waals surface area contributed by atoms with E-state index in [1.807, 2.05) is 0 Å². The predicted molar refractivity (Wildman–Crippen MR) is 45.9 cm³/mol. The quantitative estimate of drug-likeness (QED) is 0.539. The molecule has 0 atom stereocenters. The zero-order chi connectivity index (χ0) is 7.68. The topological polar surface area (TPSA) is 3.24 Å². The summed E-state index contributed by atoms with van der Waals surface area (Å²) in [6.07, 6.45) is 1.09. The summed E-state index contributed by atoms with van der Waals surface area (Å²) in [6.45, 7) is 3.30. The minimum absolute atomic E-state index is 1.07. The molecule has 0 aromatic heterocycles. The van der Waals surface area contributed by atoms with E-state index in [0.29, 0.717) is 0 Å². The Kier molecular flexibility index (Phi) is 1.66. The Hall–Kier alpha value is -0.820. The molecule has 1 heteroatoms. The van der Waals surface area contributed by atoms with Gasteiger partial charge in [-0.25, -0.2) is 0 Å². The van der Waals surface area contributed by atoms with E-state index in [9.17, 15) is 0 Å². The van der Waals surface area contributed by atoms with Gasteiger partial charge in [0.05, 0.1) is 0 Å². The third kappa shape index (κ3) is 1.29. The van der Waals surface area contributed by atoms with Crippen molar-refractivity contribution in [1.82, 2.24) is 4.90 Å². The van der Waals surface area contributed by atoms with Crippen molar-refractivity contribution in [3.63, 3.8) is 0 Å². The van der Waals surface area contributed by atoms with Crippen LogP contribution >= 0.6 is 0 Å². The van der Waals surface area contributed by atoms with Crippen LogP contribution in [0.3, 0.4) is 0 Å². The fourth-order valence-electron chi connectivity index (χ4n) is 1.50. The van der Waals surface area contributed by atoms with E-state index in [1.165, 1.54) is 11.1 Å². The highest BCUT2D eigenvalue weighted by molar-refractivity contribution is 5.30. The molecule has 1 aliphatic heterocycles. The third-order valence-corrected chi connectivity index (χ3v) is 2.16. The van der Waals surface area contributed by atoms with Crippen molar-refractivity contribution in [2.75, 3.05) is 7.05 Å². The first-order valence-electron chi connectivity index (χ1n) is 3.96. The van der Waals surface area contributed by atoms with Crippen molar-refractivity contribution in [3.05, 3.63) is 41.9 Å². The van der Waals surface area contributed by atoms with Crippen LogP contribution in [0, 0.1) is 6.54 Å². The van der Waals surface area contributed by atoms with Gasteiger partial charge in [0.1, 0.15) is 0 Å². The van der Waals surface area contributed by atoms with Gasteiger partial charge in [0.25, 0.3) is 0 Å². The standard InChI is InChI=1S/C10H12N/c1-11-7-6-9-4-2-3-5-10(9)8-11/h2-5,7H,6,8H2,1H3. The summed E-state index contributed by atoms with van der Waals surface area (Å²) in [6, 6.07) is 8.63. The van der Waals surface area contributed by atoms with Crippen LogP contribution in [0.25, 0.3) is 0 Å². The van der Waals surface area contributed by atoms with Gasteiger partial charge in [-0.1, -0.05) is 24.3 Å². The van der Waals surface area contributed by atoms with Crippen LogP contribution in [0.4, 0.5) is 0 Å². The largest absolute Gasteiger partial charge is 0.297 e. The molecule has 0 bridgehead atoms. The zero-order valence-electron chi connectivity index (χ0n) is 6.75. The van der Waals surface area contributed by atoms with E-state index in [4.69, 9.17) is 0 Å². The smallest absolute Gasteiger partial charge is 0.0295 e. The summed E-state index contributed by atoms with van der Waals surface area (Å²) in [4.78, 5) is 2.24. The number of nitrogens with zero attached hydrogens (tertiary/aromatic N) is 1. The molecule has 2 rings (SSSR count). The maximum absolute atomic E-state index is 2.24. The molecule has 1 aliphatic rings. The highest BCUT2D eigenvalue weighted by atomic mass is 15.1. The van der Waals surface area contributed by atoms with Gasteiger partial charge in [-0.2, -0.15) is 0 Å². The Morgan fingerprint density at radius 3 is 2.73 bits per heavy atom. The molecule has 0 saturated carbocycles. The van der Waals surface area contributed by atoms with Crippen molar-refractivity contribution in [2.45, 2.75) is 13.0 Å². The van der Waals surface area contributed by atoms with E-state index < -0.39 is 0 Å². The van der Waals surface area contributed by atoms with Gasteiger partial charge in [-0.15, -0.1) is 0 Å². The van der Waals surface area contributed by atoms with E-state index in [1.54, 1.807) is 0 Å². The van der Waals surface area contributed by atoms with Crippen LogP contribution in [-0.2, 0) is 13.0 Å². The number of rotatable bonds is 0. The number of benzene rings is 1. The summed E-state index contributed by atoms with van der Waals surface area (Å²) < 4.78 is 0. The lowest BCUT2D eigenvalue weighted by molar-refractivity contribution is 0.374. The molecule has 1 aromatic carbocycles. The summed E-state index contributed by atoms with van der Waals surface area (Å²) >= 11 is 0. The van der Waals surface area contributed by atoms with Crippen LogP contribution in [-0.4, -0.2) is 11.9 Å². The maximum atomic E-state index is 2.24.